The molecule has 1 saturated carbocycles. The van der Waals surface area contributed by atoms with E-state index in [1.165, 1.54) is 12.8 Å². The summed E-state index contributed by atoms with van der Waals surface area (Å²) in [6.45, 7) is 0.435. The fourth-order valence-corrected chi connectivity index (χ4v) is 3.82. The lowest BCUT2D eigenvalue weighted by Gasteiger charge is -2.22. The zero-order valence-corrected chi connectivity index (χ0v) is 14.5. The number of aryl methyl sites for hydroxylation is 1. The highest BCUT2D eigenvalue weighted by Crippen LogP contribution is 2.32. The molecule has 2 aliphatic rings. The second kappa shape index (κ2) is 7.95. The Hall–Kier alpha value is -1.96. The van der Waals surface area contributed by atoms with Gasteiger partial charge in [0.25, 0.3) is 0 Å². The Morgan fingerprint density at radius 2 is 2.12 bits per heavy atom. The monoisotopic (exact) mass is 351 g/mol. The molecule has 2 heterocycles. The summed E-state index contributed by atoms with van der Waals surface area (Å²) in [6.07, 6.45) is 5.61. The summed E-state index contributed by atoms with van der Waals surface area (Å²) in [6, 6.07) is -0.313. The van der Waals surface area contributed by atoms with E-state index in [1.54, 1.807) is 12.0 Å². The number of amides is 1. The minimum atomic E-state index is -0.905. The topological polar surface area (TPSA) is 106 Å². The maximum Gasteiger partial charge on any atom is 0.305 e. The van der Waals surface area contributed by atoms with E-state index < -0.39 is 5.97 Å². The highest BCUT2D eigenvalue weighted by Gasteiger charge is 2.36. The number of hydrogen-bond acceptors (Lipinski definition) is 6. The molecule has 138 valence electrons. The Bertz CT molecular complexity index is 611. The summed E-state index contributed by atoms with van der Waals surface area (Å²) >= 11 is 0. The molecule has 25 heavy (non-hydrogen) atoms. The van der Waals surface area contributed by atoms with Crippen molar-refractivity contribution in [3.05, 3.63) is 11.7 Å². The standard InChI is InChI=1S/C17H25N3O5/c1-24-13-8-12(9-16(22)23)20(10-13)15(21)7-6-14-18-17(19-25-14)11-4-2-3-5-11/h11-13H,2-10H2,1H3,(H,22,23). The largest absolute Gasteiger partial charge is 0.481 e. The first-order valence-electron chi connectivity index (χ1n) is 8.93. The normalized spacial score (nSPS) is 24.1. The fraction of sp³-hybridized carbons (Fsp3) is 0.765. The minimum absolute atomic E-state index is 0.0576. The molecule has 8 heteroatoms. The summed E-state index contributed by atoms with van der Waals surface area (Å²) in [5, 5.41) is 13.1. The Morgan fingerprint density at radius 3 is 2.80 bits per heavy atom. The number of nitrogens with zero attached hydrogens (tertiary/aromatic N) is 3. The highest BCUT2D eigenvalue weighted by atomic mass is 16.5. The third-order valence-corrected chi connectivity index (χ3v) is 5.20. The molecule has 1 aliphatic heterocycles. The van der Waals surface area contributed by atoms with Crippen molar-refractivity contribution in [2.45, 2.75) is 69.4 Å². The van der Waals surface area contributed by atoms with Crippen molar-refractivity contribution < 1.29 is 24.0 Å². The van der Waals surface area contributed by atoms with Crippen LogP contribution < -0.4 is 0 Å². The molecule has 0 aromatic carbocycles. The number of carbonyl (C=O) groups excluding carboxylic acids is 1. The van der Waals surface area contributed by atoms with E-state index >= 15 is 0 Å². The first-order valence-corrected chi connectivity index (χ1v) is 8.93. The van der Waals surface area contributed by atoms with Crippen molar-refractivity contribution in [2.24, 2.45) is 0 Å². The van der Waals surface area contributed by atoms with Crippen molar-refractivity contribution in [1.29, 1.82) is 0 Å². The summed E-state index contributed by atoms with van der Waals surface area (Å²) in [4.78, 5) is 29.6. The van der Waals surface area contributed by atoms with Gasteiger partial charge in [-0.1, -0.05) is 18.0 Å². The average molecular weight is 351 g/mol. The fourth-order valence-electron chi connectivity index (χ4n) is 3.82. The number of aromatic nitrogens is 2. The minimum Gasteiger partial charge on any atom is -0.481 e. The van der Waals surface area contributed by atoms with Gasteiger partial charge in [-0.3, -0.25) is 9.59 Å². The van der Waals surface area contributed by atoms with Crippen molar-refractivity contribution in [1.82, 2.24) is 15.0 Å². The molecule has 0 radical (unpaired) electrons. The lowest BCUT2D eigenvalue weighted by Crippen LogP contribution is -2.37. The molecule has 2 atom stereocenters. The third kappa shape index (κ3) is 4.36. The number of rotatable bonds is 7. The van der Waals surface area contributed by atoms with Gasteiger partial charge in [0.1, 0.15) is 0 Å². The molecular formula is C17H25N3O5. The van der Waals surface area contributed by atoms with Gasteiger partial charge in [-0.25, -0.2) is 0 Å². The van der Waals surface area contributed by atoms with E-state index in [1.807, 2.05) is 0 Å². The van der Waals surface area contributed by atoms with Crippen LogP contribution >= 0.6 is 0 Å². The van der Waals surface area contributed by atoms with Crippen molar-refractivity contribution in [3.63, 3.8) is 0 Å². The van der Waals surface area contributed by atoms with Crippen LogP contribution in [0, 0.1) is 0 Å². The predicted octanol–water partition coefficient (Wildman–Crippen LogP) is 1.75. The van der Waals surface area contributed by atoms with Crippen LogP contribution in [-0.4, -0.2) is 57.8 Å². The average Bonchev–Trinajstić information content (AvgIpc) is 3.31. The predicted molar refractivity (Wildman–Crippen MR) is 87.0 cm³/mol. The molecule has 1 amide bonds. The second-order valence-corrected chi connectivity index (χ2v) is 6.92. The van der Waals surface area contributed by atoms with Crippen LogP contribution in [0.25, 0.3) is 0 Å². The van der Waals surface area contributed by atoms with E-state index in [9.17, 15) is 9.59 Å². The van der Waals surface area contributed by atoms with Crippen LogP contribution in [0.3, 0.4) is 0 Å². The molecular weight excluding hydrogens is 326 g/mol. The number of likely N-dealkylation sites (tertiary alicyclic amines) is 1. The van der Waals surface area contributed by atoms with Gasteiger partial charge in [0.15, 0.2) is 5.82 Å². The van der Waals surface area contributed by atoms with Crippen LogP contribution in [0.1, 0.15) is 62.6 Å². The van der Waals surface area contributed by atoms with Gasteiger partial charge in [0.2, 0.25) is 11.8 Å². The molecule has 0 bridgehead atoms. The van der Waals surface area contributed by atoms with Gasteiger partial charge in [-0.2, -0.15) is 4.98 Å². The van der Waals surface area contributed by atoms with Crippen molar-refractivity contribution >= 4 is 11.9 Å². The Balaban J connectivity index is 1.54. The van der Waals surface area contributed by atoms with Crippen LogP contribution in [-0.2, 0) is 20.7 Å². The number of hydrogen-bond donors (Lipinski definition) is 1. The number of ether oxygens (including phenoxy) is 1. The summed E-state index contributed by atoms with van der Waals surface area (Å²) in [5.74, 6) is 0.620. The molecule has 1 N–H and O–H groups in total. The van der Waals surface area contributed by atoms with Gasteiger partial charge < -0.3 is 19.3 Å². The summed E-state index contributed by atoms with van der Waals surface area (Å²) in [7, 11) is 1.58. The zero-order valence-electron chi connectivity index (χ0n) is 14.5. The number of carboxylic acid groups (broad SMARTS) is 1. The van der Waals surface area contributed by atoms with E-state index in [0.717, 1.165) is 18.7 Å². The van der Waals surface area contributed by atoms with Crippen molar-refractivity contribution in [3.8, 4) is 0 Å². The van der Waals surface area contributed by atoms with E-state index in [0.29, 0.717) is 31.2 Å². The Labute approximate surface area is 146 Å². The Kier molecular flexibility index (Phi) is 5.67. The molecule has 1 aromatic rings. The molecule has 1 aliphatic carbocycles. The van der Waals surface area contributed by atoms with E-state index in [4.69, 9.17) is 14.4 Å². The lowest BCUT2D eigenvalue weighted by atomic mass is 10.1. The first-order chi connectivity index (χ1) is 12.1. The van der Waals surface area contributed by atoms with Gasteiger partial charge in [0.05, 0.1) is 12.5 Å². The second-order valence-electron chi connectivity index (χ2n) is 6.92. The summed E-state index contributed by atoms with van der Waals surface area (Å²) < 4.78 is 10.6. The van der Waals surface area contributed by atoms with Gasteiger partial charge in [0, 0.05) is 38.5 Å². The van der Waals surface area contributed by atoms with Gasteiger partial charge in [-0.15, -0.1) is 0 Å². The van der Waals surface area contributed by atoms with Crippen LogP contribution in [0.5, 0.6) is 0 Å². The molecule has 8 nitrogen and oxygen atoms in total. The van der Waals surface area contributed by atoms with Crippen LogP contribution in [0.4, 0.5) is 0 Å². The number of carbonyl (C=O) groups is 2. The SMILES string of the molecule is COC1CC(CC(=O)O)N(C(=O)CCc2nc(C3CCCC3)no2)C1. The third-order valence-electron chi connectivity index (χ3n) is 5.20. The highest BCUT2D eigenvalue weighted by molar-refractivity contribution is 5.78. The maximum atomic E-state index is 12.5. The van der Waals surface area contributed by atoms with Gasteiger partial charge in [-0.05, 0) is 19.3 Å². The number of carboxylic acids is 1. The lowest BCUT2D eigenvalue weighted by molar-refractivity contribution is -0.139. The van der Waals surface area contributed by atoms with Crippen molar-refractivity contribution in [2.75, 3.05) is 13.7 Å². The van der Waals surface area contributed by atoms with E-state index in [2.05, 4.69) is 10.1 Å². The summed E-state index contributed by atoms with van der Waals surface area (Å²) in [5.41, 5.74) is 0. The molecule has 3 rings (SSSR count). The smallest absolute Gasteiger partial charge is 0.305 e. The number of aliphatic carboxylic acids is 1. The Morgan fingerprint density at radius 1 is 1.36 bits per heavy atom. The quantitative estimate of drug-likeness (QED) is 0.797. The van der Waals surface area contributed by atoms with Crippen LogP contribution in [0.2, 0.25) is 0 Å². The van der Waals surface area contributed by atoms with Gasteiger partial charge >= 0.3 is 5.97 Å². The molecule has 1 saturated heterocycles. The first kappa shape index (κ1) is 17.8. The number of methoxy groups -OCH3 is 1. The van der Waals surface area contributed by atoms with E-state index in [-0.39, 0.29) is 30.9 Å². The molecule has 2 fully saturated rings. The molecule has 0 spiro atoms. The molecule has 1 aromatic heterocycles. The zero-order chi connectivity index (χ0) is 17.8. The maximum absolute atomic E-state index is 12.5. The van der Waals surface area contributed by atoms with Crippen LogP contribution in [0.15, 0.2) is 4.52 Å². The molecule has 2 unspecified atom stereocenters.